The average Bonchev–Trinajstić information content (AvgIpc) is 2.49. The normalized spacial score (nSPS) is 11.7. The first-order valence-electron chi connectivity index (χ1n) is 6.29. The lowest BCUT2D eigenvalue weighted by Crippen LogP contribution is -2.22. The van der Waals surface area contributed by atoms with E-state index in [9.17, 15) is 40.9 Å². The minimum atomic E-state index is -5.36. The minimum Gasteiger partial charge on any atom is -0.507 e. The van der Waals surface area contributed by atoms with Crippen LogP contribution in [0.4, 0.5) is 30.7 Å². The van der Waals surface area contributed by atoms with Crippen LogP contribution in [0.3, 0.4) is 0 Å². The molecule has 3 nitrogen and oxygen atoms in total. The van der Waals surface area contributed by atoms with E-state index in [0.29, 0.717) is 13.0 Å². The van der Waals surface area contributed by atoms with E-state index in [-0.39, 0.29) is 0 Å². The van der Waals surface area contributed by atoms with Crippen LogP contribution >= 0.6 is 0 Å². The molecule has 11 heteroatoms. The molecule has 0 aliphatic rings. The van der Waals surface area contributed by atoms with Crippen molar-refractivity contribution in [3.63, 3.8) is 0 Å². The zero-order chi connectivity index (χ0) is 19.3. The van der Waals surface area contributed by atoms with Gasteiger partial charge in [-0.1, -0.05) is 0 Å². The molecule has 2 aromatic carbocycles. The third-order valence-corrected chi connectivity index (χ3v) is 3.21. The second-order valence-corrected chi connectivity index (χ2v) is 4.84. The Morgan fingerprint density at radius 2 is 1.40 bits per heavy atom. The summed E-state index contributed by atoms with van der Waals surface area (Å²) < 4.78 is 95.8. The third-order valence-electron chi connectivity index (χ3n) is 3.21. The van der Waals surface area contributed by atoms with E-state index >= 15 is 0 Å². The molecule has 25 heavy (non-hydrogen) atoms. The Morgan fingerprint density at radius 3 is 1.84 bits per heavy atom. The number of ether oxygens (including phenoxy) is 1. The summed E-state index contributed by atoms with van der Waals surface area (Å²) in [6, 6.07) is 0.366. The Kier molecular flexibility index (Phi) is 4.54. The topological polar surface area (TPSA) is 49.7 Å². The number of aromatic hydroxyl groups is 2. The second kappa shape index (κ2) is 6.05. The highest BCUT2D eigenvalue weighted by Gasteiger charge is 2.35. The van der Waals surface area contributed by atoms with E-state index in [1.165, 1.54) is 0 Å². The average molecular weight is 366 g/mol. The Hall–Kier alpha value is -2.59. The van der Waals surface area contributed by atoms with Crippen molar-refractivity contribution in [2.24, 2.45) is 0 Å². The number of phenols is 2. The number of alkyl halides is 3. The highest BCUT2D eigenvalue weighted by atomic mass is 19.4. The molecule has 0 fully saturated rings. The predicted molar refractivity (Wildman–Crippen MR) is 71.8 cm³/mol. The first kappa shape index (κ1) is 18.7. The van der Waals surface area contributed by atoms with Gasteiger partial charge in [-0.2, -0.15) is 0 Å². The summed E-state index contributed by atoms with van der Waals surface area (Å²) in [5.41, 5.74) is -4.96. The maximum atomic E-state index is 14.0. The molecular weight excluding hydrogens is 360 g/mol. The molecule has 0 spiro atoms. The highest BCUT2D eigenvalue weighted by Crippen LogP contribution is 2.46. The number of rotatable bonds is 2. The van der Waals surface area contributed by atoms with E-state index in [2.05, 4.69) is 4.74 Å². The van der Waals surface area contributed by atoms with Crippen molar-refractivity contribution >= 4 is 13.3 Å². The van der Waals surface area contributed by atoms with Crippen LogP contribution in [0.5, 0.6) is 17.2 Å². The van der Waals surface area contributed by atoms with Crippen LogP contribution in [0.15, 0.2) is 6.07 Å². The standard InChI is InChI=1S/C14H6BF7O3/c1-3-8(16)10(18)7(11(19)9(3)17)6-5(23)2-4(15)13(12(6)24)25-14(20,21)22/h2,23-24H,1H3. The van der Waals surface area contributed by atoms with E-state index in [4.69, 9.17) is 7.85 Å². The van der Waals surface area contributed by atoms with Gasteiger partial charge < -0.3 is 14.9 Å². The summed E-state index contributed by atoms with van der Waals surface area (Å²) >= 11 is 0. The van der Waals surface area contributed by atoms with Gasteiger partial charge in [0.05, 0.1) is 11.1 Å². The molecule has 2 N–H and O–H groups in total. The Morgan fingerprint density at radius 1 is 0.920 bits per heavy atom. The van der Waals surface area contributed by atoms with Crippen LogP contribution in [-0.2, 0) is 0 Å². The Balaban J connectivity index is 2.88. The van der Waals surface area contributed by atoms with Gasteiger partial charge in [-0.25, -0.2) is 17.6 Å². The van der Waals surface area contributed by atoms with Crippen LogP contribution in [0.2, 0.25) is 0 Å². The first-order valence-corrected chi connectivity index (χ1v) is 6.29. The number of hydrogen-bond donors (Lipinski definition) is 2. The monoisotopic (exact) mass is 366 g/mol. The number of hydrogen-bond acceptors (Lipinski definition) is 3. The van der Waals surface area contributed by atoms with Gasteiger partial charge in [-0.15, -0.1) is 13.2 Å². The minimum absolute atomic E-state index is 0.366. The van der Waals surface area contributed by atoms with Gasteiger partial charge in [0, 0.05) is 5.56 Å². The summed E-state index contributed by atoms with van der Waals surface area (Å²) in [4.78, 5) is 0. The molecule has 2 rings (SSSR count). The maximum absolute atomic E-state index is 14.0. The first-order chi connectivity index (χ1) is 11.4. The molecule has 0 saturated heterocycles. The molecule has 2 aromatic rings. The molecule has 0 atom stereocenters. The van der Waals surface area contributed by atoms with Crippen LogP contribution in [0, 0.1) is 30.2 Å². The molecule has 0 bridgehead atoms. The molecule has 2 radical (unpaired) electrons. The fourth-order valence-electron chi connectivity index (χ4n) is 2.09. The van der Waals surface area contributed by atoms with Gasteiger partial charge in [-0.05, 0) is 18.5 Å². The molecule has 0 aromatic heterocycles. The Bertz CT molecular complexity index is 836. The number of phenolic OH excluding ortho intramolecular Hbond substituents is 2. The SMILES string of the molecule is [B]c1cc(O)c(-c2c(F)c(F)c(C)c(F)c2F)c(O)c1OC(F)(F)F. The summed E-state index contributed by atoms with van der Waals surface area (Å²) in [6.07, 6.45) is -5.36. The lowest BCUT2D eigenvalue weighted by Gasteiger charge is -2.18. The smallest absolute Gasteiger partial charge is 0.507 e. The summed E-state index contributed by atoms with van der Waals surface area (Å²) in [5, 5.41) is 19.5. The predicted octanol–water partition coefficient (Wildman–Crippen LogP) is 3.32. The number of halogens is 7. The second-order valence-electron chi connectivity index (χ2n) is 4.84. The van der Waals surface area contributed by atoms with Gasteiger partial charge in [0.1, 0.15) is 13.6 Å². The molecular formula is C14H6BF7O3. The molecule has 0 unspecified atom stereocenters. The van der Waals surface area contributed by atoms with E-state index in [0.717, 1.165) is 0 Å². The van der Waals surface area contributed by atoms with Crippen molar-refractivity contribution in [3.8, 4) is 28.4 Å². The van der Waals surface area contributed by atoms with Crippen LogP contribution < -0.4 is 10.2 Å². The summed E-state index contributed by atoms with van der Waals surface area (Å²) in [7, 11) is 5.16. The van der Waals surface area contributed by atoms with Crippen molar-refractivity contribution in [2.75, 3.05) is 0 Å². The molecule has 132 valence electrons. The zero-order valence-corrected chi connectivity index (χ0v) is 12.1. The van der Waals surface area contributed by atoms with Crippen LogP contribution in [-0.4, -0.2) is 24.4 Å². The highest BCUT2D eigenvalue weighted by molar-refractivity contribution is 6.35. The molecule has 0 saturated carbocycles. The van der Waals surface area contributed by atoms with E-state index in [1.807, 2.05) is 0 Å². The molecule has 0 heterocycles. The van der Waals surface area contributed by atoms with Gasteiger partial charge in [0.15, 0.2) is 34.8 Å². The van der Waals surface area contributed by atoms with Crippen molar-refractivity contribution in [3.05, 3.63) is 34.9 Å². The van der Waals surface area contributed by atoms with Crippen molar-refractivity contribution in [1.82, 2.24) is 0 Å². The largest absolute Gasteiger partial charge is 0.573 e. The summed E-state index contributed by atoms with van der Waals surface area (Å²) in [5.74, 6) is -12.2. The van der Waals surface area contributed by atoms with Gasteiger partial charge in [-0.3, -0.25) is 0 Å². The van der Waals surface area contributed by atoms with Gasteiger partial charge in [0.2, 0.25) is 0 Å². The Labute approximate surface area is 136 Å². The van der Waals surface area contributed by atoms with Crippen molar-refractivity contribution < 1.29 is 45.7 Å². The van der Waals surface area contributed by atoms with E-state index in [1.54, 1.807) is 0 Å². The third kappa shape index (κ3) is 3.18. The fraction of sp³-hybridized carbons (Fsp3) is 0.143. The van der Waals surface area contributed by atoms with Gasteiger partial charge >= 0.3 is 6.36 Å². The number of benzene rings is 2. The molecule has 0 aliphatic carbocycles. The fourth-order valence-corrected chi connectivity index (χ4v) is 2.09. The van der Waals surface area contributed by atoms with Gasteiger partial charge in [0.25, 0.3) is 0 Å². The van der Waals surface area contributed by atoms with E-state index < -0.39 is 69.0 Å². The molecule has 0 aliphatic heterocycles. The van der Waals surface area contributed by atoms with Crippen molar-refractivity contribution in [2.45, 2.75) is 13.3 Å². The lowest BCUT2D eigenvalue weighted by atomic mass is 9.89. The zero-order valence-electron chi connectivity index (χ0n) is 12.1. The lowest BCUT2D eigenvalue weighted by molar-refractivity contribution is -0.274. The quantitative estimate of drug-likeness (QED) is 0.487. The maximum Gasteiger partial charge on any atom is 0.573 e. The van der Waals surface area contributed by atoms with Crippen LogP contribution in [0.25, 0.3) is 11.1 Å². The van der Waals surface area contributed by atoms with Crippen molar-refractivity contribution in [1.29, 1.82) is 0 Å². The van der Waals surface area contributed by atoms with Crippen LogP contribution in [0.1, 0.15) is 5.56 Å². The molecule has 0 amide bonds. The summed E-state index contributed by atoms with van der Waals surface area (Å²) in [6.45, 7) is 0.710.